The lowest BCUT2D eigenvalue weighted by Crippen LogP contribution is -2.12. The van der Waals surface area contributed by atoms with Crippen molar-refractivity contribution in [2.75, 3.05) is 26.4 Å². The van der Waals surface area contributed by atoms with Gasteiger partial charge in [0, 0.05) is 29.8 Å². The van der Waals surface area contributed by atoms with Gasteiger partial charge in [0.1, 0.15) is 40.3 Å². The predicted molar refractivity (Wildman–Crippen MR) is 209 cm³/mol. The molecule has 0 heterocycles. The molecule has 0 fully saturated rings. The molecule has 0 N–H and O–H groups in total. The highest BCUT2D eigenvalue weighted by atomic mass is 19.4. The molecule has 4 nitrogen and oxygen atoms in total. The number of unbranched alkanes of at least 4 members (excludes halogenated alkanes) is 6. The van der Waals surface area contributed by atoms with Crippen LogP contribution in [0.1, 0.15) is 99.3 Å². The summed E-state index contributed by atoms with van der Waals surface area (Å²) in [6, 6.07) is 7.66. The zero-order valence-corrected chi connectivity index (χ0v) is 33.8. The highest BCUT2D eigenvalue weighted by molar-refractivity contribution is 5.36. The first-order valence-corrected chi connectivity index (χ1v) is 20.2. The fourth-order valence-corrected chi connectivity index (χ4v) is 6.47. The zero-order chi connectivity index (χ0) is 44.5. The molecule has 0 aliphatic rings. The number of allylic oxidation sites excluding steroid dienone is 1. The van der Waals surface area contributed by atoms with Crippen LogP contribution in [-0.4, -0.2) is 26.4 Å². The van der Waals surface area contributed by atoms with Crippen molar-refractivity contribution in [3.05, 3.63) is 129 Å². The third kappa shape index (κ3) is 15.8. The SMILES string of the molecule is C=C(CCCCCCOc1cc(F)c(OCCCc2cc(F)c(C)c(F)c2)c(F)c1)CCCCCCOc1cc(F)c(OCCCc2cc(F)c(C(F)(F)F)c(F)c2)c(F)c1. The monoisotopic (exact) mass is 874 g/mol. The molecule has 0 aromatic heterocycles. The van der Waals surface area contributed by atoms with Gasteiger partial charge in [-0.15, -0.1) is 0 Å². The lowest BCUT2D eigenvalue weighted by atomic mass is 10.0. The fourth-order valence-electron chi connectivity index (χ4n) is 6.47. The van der Waals surface area contributed by atoms with Crippen LogP contribution in [0.15, 0.2) is 60.7 Å². The number of rotatable bonds is 26. The summed E-state index contributed by atoms with van der Waals surface area (Å²) in [6.07, 6.45) is 3.81. The molecular weight excluding hydrogens is 825 g/mol. The second kappa shape index (κ2) is 23.9. The molecule has 0 aliphatic heterocycles. The van der Waals surface area contributed by atoms with Crippen LogP contribution in [-0.2, 0) is 19.0 Å². The molecule has 0 saturated carbocycles. The lowest BCUT2D eigenvalue weighted by molar-refractivity contribution is -0.142. The summed E-state index contributed by atoms with van der Waals surface area (Å²) in [5.74, 6) is -9.81. The molecule has 0 radical (unpaired) electrons. The Labute approximate surface area is 348 Å². The van der Waals surface area contributed by atoms with Gasteiger partial charge in [0.2, 0.25) is 0 Å². The molecule has 4 aromatic rings. The van der Waals surface area contributed by atoms with Crippen LogP contribution in [0.3, 0.4) is 0 Å². The molecule has 0 amide bonds. The Morgan fingerprint density at radius 2 is 0.787 bits per heavy atom. The summed E-state index contributed by atoms with van der Waals surface area (Å²) in [7, 11) is 0. The van der Waals surface area contributed by atoms with Crippen LogP contribution < -0.4 is 18.9 Å². The normalized spacial score (nSPS) is 11.5. The number of aryl methyl sites for hydroxylation is 2. The van der Waals surface area contributed by atoms with E-state index in [1.807, 2.05) is 0 Å². The maximum Gasteiger partial charge on any atom is 0.422 e. The second-order valence-corrected chi connectivity index (χ2v) is 14.7. The Balaban J connectivity index is 0.996. The van der Waals surface area contributed by atoms with Gasteiger partial charge in [-0.25, -0.2) is 35.1 Å². The maximum atomic E-state index is 14.5. The van der Waals surface area contributed by atoms with E-state index < -0.39 is 69.8 Å². The first kappa shape index (κ1) is 48.7. The Morgan fingerprint density at radius 1 is 0.443 bits per heavy atom. The van der Waals surface area contributed by atoms with Crippen LogP contribution in [0.2, 0.25) is 0 Å². The molecule has 4 rings (SSSR count). The molecule has 334 valence electrons. The molecule has 0 bridgehead atoms. The van der Waals surface area contributed by atoms with Gasteiger partial charge < -0.3 is 18.9 Å². The quantitative estimate of drug-likeness (QED) is 0.0358. The van der Waals surface area contributed by atoms with Crippen LogP contribution in [0.4, 0.5) is 48.3 Å². The maximum absolute atomic E-state index is 14.5. The van der Waals surface area contributed by atoms with Crippen molar-refractivity contribution >= 4 is 0 Å². The highest BCUT2D eigenvalue weighted by Gasteiger charge is 2.37. The Kier molecular flexibility index (Phi) is 19.1. The largest absolute Gasteiger partial charge is 0.493 e. The van der Waals surface area contributed by atoms with Crippen LogP contribution in [0.25, 0.3) is 0 Å². The van der Waals surface area contributed by atoms with Gasteiger partial charge in [0.15, 0.2) is 34.8 Å². The van der Waals surface area contributed by atoms with Crippen LogP contribution in [0.5, 0.6) is 23.0 Å². The average molecular weight is 875 g/mol. The van der Waals surface area contributed by atoms with Gasteiger partial charge in [0.25, 0.3) is 0 Å². The van der Waals surface area contributed by atoms with E-state index in [0.29, 0.717) is 37.0 Å². The zero-order valence-electron chi connectivity index (χ0n) is 33.8. The van der Waals surface area contributed by atoms with Gasteiger partial charge >= 0.3 is 6.18 Å². The van der Waals surface area contributed by atoms with Crippen LogP contribution in [0, 0.1) is 53.5 Å². The van der Waals surface area contributed by atoms with E-state index in [2.05, 4.69) is 6.58 Å². The van der Waals surface area contributed by atoms with Gasteiger partial charge in [-0.1, -0.05) is 37.8 Å². The fraction of sp³-hybridized carbons (Fsp3) is 0.435. The minimum Gasteiger partial charge on any atom is -0.493 e. The van der Waals surface area contributed by atoms with Crippen molar-refractivity contribution in [1.29, 1.82) is 0 Å². The van der Waals surface area contributed by atoms with E-state index in [1.165, 1.54) is 19.1 Å². The van der Waals surface area contributed by atoms with E-state index in [4.69, 9.17) is 18.9 Å². The molecule has 0 atom stereocenters. The minimum absolute atomic E-state index is 0.0220. The molecule has 0 aliphatic carbocycles. The number of ether oxygens (including phenoxy) is 4. The van der Waals surface area contributed by atoms with E-state index in [0.717, 1.165) is 81.2 Å². The van der Waals surface area contributed by atoms with Crippen LogP contribution >= 0.6 is 0 Å². The van der Waals surface area contributed by atoms with Gasteiger partial charge in [-0.2, -0.15) is 13.2 Å². The van der Waals surface area contributed by atoms with E-state index in [1.54, 1.807) is 0 Å². The minimum atomic E-state index is -5.18. The molecule has 15 heteroatoms. The number of hydrogen-bond acceptors (Lipinski definition) is 4. The van der Waals surface area contributed by atoms with Crippen molar-refractivity contribution in [2.45, 2.75) is 103 Å². The van der Waals surface area contributed by atoms with Gasteiger partial charge in [-0.3, -0.25) is 0 Å². The number of halogens is 11. The Hall–Kier alpha value is -4.95. The summed E-state index contributed by atoms with van der Waals surface area (Å²) in [4.78, 5) is 0. The number of hydrogen-bond donors (Lipinski definition) is 0. The molecule has 61 heavy (non-hydrogen) atoms. The Bertz CT molecular complexity index is 1960. The summed E-state index contributed by atoms with van der Waals surface area (Å²) in [6.45, 7) is 5.69. The number of alkyl halides is 3. The van der Waals surface area contributed by atoms with Gasteiger partial charge in [-0.05, 0) is 107 Å². The third-order valence-corrected chi connectivity index (χ3v) is 9.77. The standard InChI is InChI=1S/C46H49F11O4/c1-29(13-7-3-5-9-17-58-33-25-39(51)44(40(52)26-33)60-19-11-15-31-21-35(47)30(2)36(48)22-31)14-8-4-6-10-18-59-34-27-41(53)45(42(54)28-34)61-20-12-16-32-23-37(49)43(38(50)24-32)46(55,56)57/h21-28H,1,3-20H2,2H3. The van der Waals surface area contributed by atoms with Gasteiger partial charge in [0.05, 0.1) is 26.4 Å². The smallest absolute Gasteiger partial charge is 0.422 e. The lowest BCUT2D eigenvalue weighted by Gasteiger charge is -2.12. The highest BCUT2D eigenvalue weighted by Crippen LogP contribution is 2.34. The molecular formula is C46H49F11O4. The van der Waals surface area contributed by atoms with E-state index >= 15 is 0 Å². The van der Waals surface area contributed by atoms with E-state index in [9.17, 15) is 48.3 Å². The van der Waals surface area contributed by atoms with Crippen molar-refractivity contribution in [1.82, 2.24) is 0 Å². The molecule has 0 unspecified atom stereocenters. The predicted octanol–water partition coefficient (Wildman–Crippen LogP) is 14.1. The average Bonchev–Trinajstić information content (AvgIpc) is 3.17. The summed E-state index contributed by atoms with van der Waals surface area (Å²) >= 11 is 0. The third-order valence-electron chi connectivity index (χ3n) is 9.77. The summed E-state index contributed by atoms with van der Waals surface area (Å²) in [5, 5.41) is 0. The first-order valence-electron chi connectivity index (χ1n) is 20.2. The molecule has 4 aromatic carbocycles. The summed E-state index contributed by atoms with van der Waals surface area (Å²) < 4.78 is 173. The van der Waals surface area contributed by atoms with Crippen molar-refractivity contribution in [3.63, 3.8) is 0 Å². The molecule has 0 saturated heterocycles. The molecule has 0 spiro atoms. The summed E-state index contributed by atoms with van der Waals surface area (Å²) in [5.41, 5.74) is -0.552. The second-order valence-electron chi connectivity index (χ2n) is 14.7. The van der Waals surface area contributed by atoms with Crippen molar-refractivity contribution in [3.8, 4) is 23.0 Å². The first-order chi connectivity index (χ1) is 29.0. The van der Waals surface area contributed by atoms with Crippen molar-refractivity contribution in [2.24, 2.45) is 0 Å². The number of benzene rings is 4. The van der Waals surface area contributed by atoms with E-state index in [-0.39, 0.29) is 68.3 Å². The Morgan fingerprint density at radius 3 is 1.16 bits per heavy atom. The topological polar surface area (TPSA) is 36.9 Å². The van der Waals surface area contributed by atoms with Crippen molar-refractivity contribution < 1.29 is 67.2 Å².